The summed E-state index contributed by atoms with van der Waals surface area (Å²) < 4.78 is 0. The Balaban J connectivity index is 2.34. The van der Waals surface area contributed by atoms with E-state index in [9.17, 15) is 9.90 Å². The molecule has 0 bridgehead atoms. The molecule has 0 spiro atoms. The molecule has 88 valence electrons. The van der Waals surface area contributed by atoms with E-state index in [-0.39, 0.29) is 17.9 Å². The lowest BCUT2D eigenvalue weighted by atomic mass is 9.94. The Kier molecular flexibility index (Phi) is 4.41. The maximum atomic E-state index is 11.7. The number of hydrogen-bond donors (Lipinski definition) is 2. The van der Waals surface area contributed by atoms with Gasteiger partial charge in [0.1, 0.15) is 0 Å². The topological polar surface area (TPSA) is 49.3 Å². The lowest BCUT2D eigenvalue weighted by molar-refractivity contribution is -0.128. The zero-order chi connectivity index (χ0) is 11.5. The van der Waals surface area contributed by atoms with Gasteiger partial charge >= 0.3 is 0 Å². The van der Waals surface area contributed by atoms with Gasteiger partial charge in [0.05, 0.1) is 11.5 Å². The highest BCUT2D eigenvalue weighted by atomic mass is 35.5. The van der Waals surface area contributed by atoms with Crippen molar-refractivity contribution in [2.45, 2.75) is 39.2 Å². The molecule has 2 unspecified atom stereocenters. The number of halogens is 1. The number of hydrogen-bond acceptors (Lipinski definition) is 2. The second-order valence-electron chi connectivity index (χ2n) is 4.99. The molecule has 0 aromatic heterocycles. The van der Waals surface area contributed by atoms with Crippen molar-refractivity contribution in [2.75, 3.05) is 12.4 Å². The molecule has 3 nitrogen and oxygen atoms in total. The van der Waals surface area contributed by atoms with Crippen molar-refractivity contribution in [2.24, 2.45) is 11.3 Å². The van der Waals surface area contributed by atoms with Crippen LogP contribution in [0.25, 0.3) is 0 Å². The summed E-state index contributed by atoms with van der Waals surface area (Å²) in [6, 6.07) is 0. The summed E-state index contributed by atoms with van der Waals surface area (Å²) in [6.45, 7) is 4.21. The van der Waals surface area contributed by atoms with Crippen LogP contribution in [-0.4, -0.2) is 29.5 Å². The van der Waals surface area contributed by atoms with E-state index >= 15 is 0 Å². The first kappa shape index (κ1) is 12.8. The van der Waals surface area contributed by atoms with Crippen molar-refractivity contribution in [1.82, 2.24) is 5.32 Å². The molecule has 1 amide bonds. The van der Waals surface area contributed by atoms with Gasteiger partial charge in [0.15, 0.2) is 0 Å². The molecular formula is C11H20ClNO2. The normalized spacial score (nSPS) is 26.7. The minimum Gasteiger partial charge on any atom is -0.393 e. The van der Waals surface area contributed by atoms with Crippen LogP contribution in [0.15, 0.2) is 0 Å². The Labute approximate surface area is 96.2 Å². The first-order valence-electron chi connectivity index (χ1n) is 5.49. The number of rotatable bonds is 4. The van der Waals surface area contributed by atoms with Crippen LogP contribution in [-0.2, 0) is 4.79 Å². The van der Waals surface area contributed by atoms with Gasteiger partial charge in [-0.3, -0.25) is 4.79 Å². The molecule has 0 aliphatic heterocycles. The van der Waals surface area contributed by atoms with Gasteiger partial charge in [0, 0.05) is 18.3 Å². The molecule has 0 saturated heterocycles. The number of nitrogens with one attached hydrogen (secondary N) is 1. The first-order valence-corrected chi connectivity index (χ1v) is 6.03. The van der Waals surface area contributed by atoms with E-state index in [1.807, 2.05) is 13.8 Å². The third-order valence-corrected chi connectivity index (χ3v) is 3.76. The van der Waals surface area contributed by atoms with Crippen LogP contribution < -0.4 is 5.32 Å². The molecule has 1 saturated carbocycles. The van der Waals surface area contributed by atoms with Crippen LogP contribution in [0.5, 0.6) is 0 Å². The summed E-state index contributed by atoms with van der Waals surface area (Å²) in [7, 11) is 0. The van der Waals surface area contributed by atoms with Crippen LogP contribution in [0.1, 0.15) is 33.1 Å². The minimum absolute atomic E-state index is 0.0309. The van der Waals surface area contributed by atoms with Crippen LogP contribution in [0, 0.1) is 11.3 Å². The minimum atomic E-state index is -0.523. The smallest absolute Gasteiger partial charge is 0.226 e. The highest BCUT2D eigenvalue weighted by Crippen LogP contribution is 2.25. The zero-order valence-electron chi connectivity index (χ0n) is 9.42. The highest BCUT2D eigenvalue weighted by molar-refractivity contribution is 6.19. The molecule has 0 aromatic carbocycles. The molecule has 0 aromatic rings. The first-order chi connectivity index (χ1) is 6.97. The van der Waals surface area contributed by atoms with Crippen LogP contribution in [0.2, 0.25) is 0 Å². The molecule has 1 aliphatic rings. The maximum Gasteiger partial charge on any atom is 0.226 e. The Morgan fingerprint density at radius 1 is 1.53 bits per heavy atom. The average Bonchev–Trinajstić information content (AvgIpc) is 2.60. The summed E-state index contributed by atoms with van der Waals surface area (Å²) in [4.78, 5) is 11.7. The molecule has 2 atom stereocenters. The predicted octanol–water partition coefficient (Wildman–Crippen LogP) is 1.53. The fourth-order valence-electron chi connectivity index (χ4n) is 1.78. The van der Waals surface area contributed by atoms with Gasteiger partial charge in [-0.25, -0.2) is 0 Å². The third-order valence-electron chi connectivity index (χ3n) is 3.09. The second-order valence-corrected chi connectivity index (χ2v) is 5.25. The molecule has 0 heterocycles. The number of carbonyl (C=O) groups excluding carboxylic acids is 1. The van der Waals surface area contributed by atoms with Gasteiger partial charge in [-0.2, -0.15) is 0 Å². The Morgan fingerprint density at radius 2 is 2.20 bits per heavy atom. The van der Waals surface area contributed by atoms with E-state index in [1.165, 1.54) is 0 Å². The third kappa shape index (κ3) is 3.35. The van der Waals surface area contributed by atoms with Crippen molar-refractivity contribution >= 4 is 17.5 Å². The molecule has 1 aliphatic carbocycles. The number of aliphatic hydroxyl groups excluding tert-OH is 1. The van der Waals surface area contributed by atoms with E-state index in [2.05, 4.69) is 5.32 Å². The number of alkyl halides is 1. The monoisotopic (exact) mass is 233 g/mol. The Bertz CT molecular complexity index is 231. The van der Waals surface area contributed by atoms with Crippen molar-refractivity contribution in [1.29, 1.82) is 0 Å². The highest BCUT2D eigenvalue weighted by Gasteiger charge is 2.29. The summed E-state index contributed by atoms with van der Waals surface area (Å²) in [5.74, 6) is 0.503. The fraction of sp³-hybridized carbons (Fsp3) is 0.909. The van der Waals surface area contributed by atoms with E-state index in [1.54, 1.807) is 0 Å². The zero-order valence-corrected chi connectivity index (χ0v) is 10.2. The Hall–Kier alpha value is -0.280. The Morgan fingerprint density at radius 3 is 2.67 bits per heavy atom. The van der Waals surface area contributed by atoms with Gasteiger partial charge in [-0.1, -0.05) is 6.42 Å². The quantitative estimate of drug-likeness (QED) is 0.724. The van der Waals surface area contributed by atoms with Gasteiger partial charge in [-0.05, 0) is 26.7 Å². The number of carbonyl (C=O) groups is 1. The molecule has 2 N–H and O–H groups in total. The van der Waals surface area contributed by atoms with Crippen molar-refractivity contribution in [3.63, 3.8) is 0 Å². The lowest BCUT2D eigenvalue weighted by Gasteiger charge is -2.22. The summed E-state index contributed by atoms with van der Waals surface area (Å²) in [5, 5.41) is 12.4. The van der Waals surface area contributed by atoms with Gasteiger partial charge < -0.3 is 10.4 Å². The number of aliphatic hydroxyl groups is 1. The van der Waals surface area contributed by atoms with Crippen molar-refractivity contribution in [3.05, 3.63) is 0 Å². The number of amides is 1. The molecular weight excluding hydrogens is 214 g/mol. The summed E-state index contributed by atoms with van der Waals surface area (Å²) >= 11 is 5.70. The SMILES string of the molecule is CC(C)(CCl)C(=O)NCC1CCCC1O. The summed E-state index contributed by atoms with van der Waals surface area (Å²) in [5.41, 5.74) is -0.523. The molecule has 0 radical (unpaired) electrons. The average molecular weight is 234 g/mol. The van der Waals surface area contributed by atoms with Gasteiger partial charge in [0.25, 0.3) is 0 Å². The van der Waals surface area contributed by atoms with Crippen LogP contribution in [0.3, 0.4) is 0 Å². The van der Waals surface area contributed by atoms with E-state index in [4.69, 9.17) is 11.6 Å². The predicted molar refractivity (Wildman–Crippen MR) is 60.9 cm³/mol. The van der Waals surface area contributed by atoms with Crippen LogP contribution in [0.4, 0.5) is 0 Å². The van der Waals surface area contributed by atoms with Gasteiger partial charge in [-0.15, -0.1) is 11.6 Å². The van der Waals surface area contributed by atoms with E-state index < -0.39 is 5.41 Å². The van der Waals surface area contributed by atoms with E-state index in [0.29, 0.717) is 12.4 Å². The van der Waals surface area contributed by atoms with Crippen molar-refractivity contribution < 1.29 is 9.90 Å². The van der Waals surface area contributed by atoms with Gasteiger partial charge in [0.2, 0.25) is 5.91 Å². The van der Waals surface area contributed by atoms with Crippen LogP contribution >= 0.6 is 11.6 Å². The molecule has 15 heavy (non-hydrogen) atoms. The maximum absolute atomic E-state index is 11.7. The largest absolute Gasteiger partial charge is 0.393 e. The standard InChI is InChI=1S/C11H20ClNO2/c1-11(2,7-12)10(15)13-6-8-4-3-5-9(8)14/h8-9,14H,3-7H2,1-2H3,(H,13,15). The molecule has 1 fully saturated rings. The molecule has 4 heteroatoms. The lowest BCUT2D eigenvalue weighted by Crippen LogP contribution is -2.41. The van der Waals surface area contributed by atoms with E-state index in [0.717, 1.165) is 19.3 Å². The van der Waals surface area contributed by atoms with Crippen molar-refractivity contribution in [3.8, 4) is 0 Å². The fourth-order valence-corrected chi connectivity index (χ4v) is 1.90. The second kappa shape index (κ2) is 5.17. The molecule has 1 rings (SSSR count). The summed E-state index contributed by atoms with van der Waals surface area (Å²) in [6.07, 6.45) is 2.67.